The molecule has 1 aliphatic carbocycles. The number of nitrogens with zero attached hydrogens (tertiary/aromatic N) is 3. The third kappa shape index (κ3) is 5.44. The highest BCUT2D eigenvalue weighted by molar-refractivity contribution is 7.15. The van der Waals surface area contributed by atoms with Gasteiger partial charge in [0.15, 0.2) is 0 Å². The van der Waals surface area contributed by atoms with Crippen LogP contribution in [0.25, 0.3) is 10.6 Å². The predicted molar refractivity (Wildman–Crippen MR) is 133 cm³/mol. The summed E-state index contributed by atoms with van der Waals surface area (Å²) < 4.78 is 6.22. The molecule has 1 aromatic carbocycles. The summed E-state index contributed by atoms with van der Waals surface area (Å²) in [6, 6.07) is 9.01. The highest BCUT2D eigenvalue weighted by Gasteiger charge is 2.35. The summed E-state index contributed by atoms with van der Waals surface area (Å²) in [5, 5.41) is 3.69. The van der Waals surface area contributed by atoms with E-state index in [1.807, 2.05) is 4.90 Å². The average molecular weight is 483 g/mol. The molecule has 5 rings (SSSR count). The van der Waals surface area contributed by atoms with E-state index in [-0.39, 0.29) is 11.8 Å². The first kappa shape index (κ1) is 23.3. The molecule has 8 heteroatoms. The number of amides is 2. The van der Waals surface area contributed by atoms with Gasteiger partial charge in [0, 0.05) is 62.2 Å². The van der Waals surface area contributed by atoms with Gasteiger partial charge in [0.05, 0.1) is 12.2 Å². The fourth-order valence-electron chi connectivity index (χ4n) is 5.12. The Labute approximate surface area is 205 Å². The summed E-state index contributed by atoms with van der Waals surface area (Å²) >= 11 is 1.67. The lowest BCUT2D eigenvalue weighted by Gasteiger charge is -2.44. The number of thiazole rings is 1. The van der Waals surface area contributed by atoms with Crippen LogP contribution in [0.4, 0.5) is 0 Å². The Kier molecular flexibility index (Phi) is 7.15. The number of likely N-dealkylation sites (tertiary alicyclic amines) is 1. The number of hydrogen-bond acceptors (Lipinski definition) is 6. The smallest absolute Gasteiger partial charge is 0.224 e. The fourth-order valence-corrected chi connectivity index (χ4v) is 6.25. The molecule has 182 valence electrons. The Morgan fingerprint density at radius 1 is 1.12 bits per heavy atom. The zero-order chi connectivity index (χ0) is 23.5. The van der Waals surface area contributed by atoms with Gasteiger partial charge in [-0.1, -0.05) is 6.42 Å². The first-order valence-corrected chi connectivity index (χ1v) is 13.4. The van der Waals surface area contributed by atoms with Crippen LogP contribution in [-0.2, 0) is 22.6 Å². The fraction of sp³-hybridized carbons (Fsp3) is 0.577. The molecule has 0 radical (unpaired) electrons. The SMILES string of the molecule is CC(=O)NCCC(=O)N1CCc2nc(-c3ccc(O[C@H]4C[C@H](N5CCCCC5)C4)cc3)sc2C1. The van der Waals surface area contributed by atoms with Crippen molar-refractivity contribution in [3.8, 4) is 16.3 Å². The Morgan fingerprint density at radius 3 is 2.62 bits per heavy atom. The van der Waals surface area contributed by atoms with Gasteiger partial charge >= 0.3 is 0 Å². The van der Waals surface area contributed by atoms with Gasteiger partial charge in [0.1, 0.15) is 16.9 Å². The number of carbonyl (C=O) groups is 2. The summed E-state index contributed by atoms with van der Waals surface area (Å²) in [6.45, 7) is 5.66. The highest BCUT2D eigenvalue weighted by Crippen LogP contribution is 2.34. The van der Waals surface area contributed by atoms with Crippen molar-refractivity contribution < 1.29 is 14.3 Å². The standard InChI is InChI=1S/C26H34N4O3S/c1-18(31)27-11-9-25(32)30-14-10-23-24(17-30)34-26(28-23)19-5-7-21(8-6-19)33-22-15-20(16-22)29-12-3-2-4-13-29/h5-8,20,22H,2-4,9-17H2,1H3,(H,27,31)/t20-,22-. The third-order valence-corrected chi connectivity index (χ3v) is 8.31. The summed E-state index contributed by atoms with van der Waals surface area (Å²) in [7, 11) is 0. The summed E-state index contributed by atoms with van der Waals surface area (Å²) in [4.78, 5) is 34.0. The molecule has 2 aliphatic heterocycles. The maximum Gasteiger partial charge on any atom is 0.224 e. The van der Waals surface area contributed by atoms with Crippen LogP contribution in [0.2, 0.25) is 0 Å². The molecular formula is C26H34N4O3S. The van der Waals surface area contributed by atoms with Crippen LogP contribution < -0.4 is 10.1 Å². The molecule has 7 nitrogen and oxygen atoms in total. The second-order valence-corrected chi connectivity index (χ2v) is 10.8. The molecule has 1 aromatic heterocycles. The first-order chi connectivity index (χ1) is 16.5. The van der Waals surface area contributed by atoms with Gasteiger partial charge in [0.25, 0.3) is 0 Å². The van der Waals surface area contributed by atoms with Crippen LogP contribution in [0.3, 0.4) is 0 Å². The lowest BCUT2D eigenvalue weighted by Crippen LogP contribution is -2.50. The molecule has 2 aromatic rings. The maximum absolute atomic E-state index is 12.5. The zero-order valence-corrected chi connectivity index (χ0v) is 20.7. The van der Waals surface area contributed by atoms with E-state index < -0.39 is 0 Å². The van der Waals surface area contributed by atoms with Gasteiger partial charge in [-0.3, -0.25) is 9.59 Å². The van der Waals surface area contributed by atoms with Crippen LogP contribution in [0, 0.1) is 0 Å². The highest BCUT2D eigenvalue weighted by atomic mass is 32.1. The molecule has 0 spiro atoms. The van der Waals surface area contributed by atoms with E-state index >= 15 is 0 Å². The minimum Gasteiger partial charge on any atom is -0.490 e. The number of aromatic nitrogens is 1. The van der Waals surface area contributed by atoms with Crippen molar-refractivity contribution in [3.63, 3.8) is 0 Å². The molecule has 2 amide bonds. The van der Waals surface area contributed by atoms with Crippen molar-refractivity contribution in [2.75, 3.05) is 26.2 Å². The number of hydrogen-bond donors (Lipinski definition) is 1. The van der Waals surface area contributed by atoms with Crippen molar-refractivity contribution in [2.24, 2.45) is 0 Å². The van der Waals surface area contributed by atoms with Gasteiger partial charge in [-0.05, 0) is 50.2 Å². The van der Waals surface area contributed by atoms with Crippen LogP contribution in [0.15, 0.2) is 24.3 Å². The van der Waals surface area contributed by atoms with Gasteiger partial charge < -0.3 is 19.9 Å². The molecule has 1 saturated carbocycles. The van der Waals surface area contributed by atoms with Gasteiger partial charge in [-0.15, -0.1) is 11.3 Å². The predicted octanol–water partition coefficient (Wildman–Crippen LogP) is 3.62. The normalized spacial score (nSPS) is 22.6. The largest absolute Gasteiger partial charge is 0.490 e. The van der Waals surface area contributed by atoms with E-state index in [4.69, 9.17) is 9.72 Å². The number of benzene rings is 1. The van der Waals surface area contributed by atoms with E-state index in [0.29, 0.717) is 38.2 Å². The Balaban J connectivity index is 1.13. The van der Waals surface area contributed by atoms with Crippen molar-refractivity contribution >= 4 is 23.2 Å². The van der Waals surface area contributed by atoms with Crippen LogP contribution in [0.5, 0.6) is 5.75 Å². The molecule has 34 heavy (non-hydrogen) atoms. The molecule has 1 saturated heterocycles. The number of carbonyl (C=O) groups excluding carboxylic acids is 2. The van der Waals surface area contributed by atoms with Crippen molar-refractivity contribution in [2.45, 2.75) is 70.6 Å². The molecule has 0 unspecified atom stereocenters. The number of piperidine rings is 1. The topological polar surface area (TPSA) is 74.8 Å². The molecule has 1 N–H and O–H groups in total. The molecule has 0 atom stereocenters. The van der Waals surface area contributed by atoms with Crippen molar-refractivity contribution in [1.29, 1.82) is 0 Å². The number of fused-ring (bicyclic) bond motifs is 1. The van der Waals surface area contributed by atoms with E-state index in [9.17, 15) is 9.59 Å². The third-order valence-electron chi connectivity index (χ3n) is 7.18. The Morgan fingerprint density at radius 2 is 1.88 bits per heavy atom. The molecule has 2 fully saturated rings. The van der Waals surface area contributed by atoms with E-state index in [1.54, 1.807) is 11.3 Å². The molecular weight excluding hydrogens is 448 g/mol. The Hall–Kier alpha value is -2.45. The van der Waals surface area contributed by atoms with E-state index in [0.717, 1.165) is 46.2 Å². The van der Waals surface area contributed by atoms with Gasteiger partial charge in [0.2, 0.25) is 11.8 Å². The van der Waals surface area contributed by atoms with Crippen LogP contribution >= 0.6 is 11.3 Å². The minimum absolute atomic E-state index is 0.0781. The van der Waals surface area contributed by atoms with Gasteiger partial charge in [-0.25, -0.2) is 4.98 Å². The van der Waals surface area contributed by atoms with Crippen LogP contribution in [-0.4, -0.2) is 64.9 Å². The first-order valence-electron chi connectivity index (χ1n) is 12.6. The Bertz CT molecular complexity index is 1010. The van der Waals surface area contributed by atoms with E-state index in [1.165, 1.54) is 39.3 Å². The van der Waals surface area contributed by atoms with Crippen molar-refractivity contribution in [1.82, 2.24) is 20.1 Å². The van der Waals surface area contributed by atoms with Crippen LogP contribution in [0.1, 0.15) is 56.0 Å². The second-order valence-electron chi connectivity index (χ2n) is 9.67. The number of rotatable bonds is 7. The summed E-state index contributed by atoms with van der Waals surface area (Å²) in [5.41, 5.74) is 2.19. The molecule has 3 heterocycles. The molecule has 3 aliphatic rings. The monoisotopic (exact) mass is 482 g/mol. The number of nitrogens with one attached hydrogen (secondary N) is 1. The van der Waals surface area contributed by atoms with Gasteiger partial charge in [-0.2, -0.15) is 0 Å². The quantitative estimate of drug-likeness (QED) is 0.653. The van der Waals surface area contributed by atoms with Crippen molar-refractivity contribution in [3.05, 3.63) is 34.8 Å². The lowest BCUT2D eigenvalue weighted by atomic mass is 9.86. The molecule has 0 bridgehead atoms. The second kappa shape index (κ2) is 10.4. The lowest BCUT2D eigenvalue weighted by molar-refractivity contribution is -0.132. The number of ether oxygens (including phenoxy) is 1. The minimum atomic E-state index is -0.105. The maximum atomic E-state index is 12.5. The zero-order valence-electron chi connectivity index (χ0n) is 19.9. The summed E-state index contributed by atoms with van der Waals surface area (Å²) in [6.07, 6.45) is 7.79. The average Bonchev–Trinajstić information content (AvgIpc) is 3.25. The van der Waals surface area contributed by atoms with E-state index in [2.05, 4.69) is 34.5 Å². The summed E-state index contributed by atoms with van der Waals surface area (Å²) in [5.74, 6) is 0.907.